The average Bonchev–Trinajstić information content (AvgIpc) is 3.19. The molecular weight excluding hydrogens is 436 g/mol. The van der Waals surface area contributed by atoms with Crippen molar-refractivity contribution >= 4 is 35.0 Å². The Balaban J connectivity index is 1.97. The standard InChI is InChI=1S/C22H21ClN4O3S/c1-5-30-21(29)18-13(3)24-22-27(19(18)14-6-8-16(23)9-7-14)20(28)17(31-22)10-15-11-26(4)25-12(15)2/h6-11,19H,5H2,1-4H3. The Kier molecular flexibility index (Phi) is 5.68. The van der Waals surface area contributed by atoms with E-state index in [1.807, 2.05) is 38.4 Å². The van der Waals surface area contributed by atoms with Gasteiger partial charge in [0.05, 0.1) is 34.1 Å². The highest BCUT2D eigenvalue weighted by Gasteiger charge is 2.33. The zero-order chi connectivity index (χ0) is 22.3. The number of rotatable bonds is 4. The molecule has 0 saturated heterocycles. The van der Waals surface area contributed by atoms with E-state index in [-0.39, 0.29) is 12.2 Å². The first kappa shape index (κ1) is 21.3. The van der Waals surface area contributed by atoms with Crippen LogP contribution in [0.2, 0.25) is 5.02 Å². The van der Waals surface area contributed by atoms with E-state index in [0.717, 1.165) is 16.8 Å². The third-order valence-electron chi connectivity index (χ3n) is 5.04. The average molecular weight is 457 g/mol. The molecule has 1 atom stereocenters. The number of hydrogen-bond donors (Lipinski definition) is 0. The van der Waals surface area contributed by atoms with Gasteiger partial charge in [0.25, 0.3) is 5.56 Å². The summed E-state index contributed by atoms with van der Waals surface area (Å²) in [6.07, 6.45) is 3.67. The van der Waals surface area contributed by atoms with E-state index >= 15 is 0 Å². The number of esters is 1. The molecule has 0 fully saturated rings. The maximum atomic E-state index is 13.5. The van der Waals surface area contributed by atoms with Crippen LogP contribution in [0.4, 0.5) is 0 Å². The van der Waals surface area contributed by atoms with Crippen LogP contribution in [0.5, 0.6) is 0 Å². The molecule has 0 amide bonds. The maximum absolute atomic E-state index is 13.5. The molecule has 2 aromatic heterocycles. The Morgan fingerprint density at radius 3 is 2.61 bits per heavy atom. The zero-order valence-corrected chi connectivity index (χ0v) is 19.1. The predicted molar refractivity (Wildman–Crippen MR) is 120 cm³/mol. The van der Waals surface area contributed by atoms with Gasteiger partial charge in [0.2, 0.25) is 0 Å². The lowest BCUT2D eigenvalue weighted by Gasteiger charge is -2.24. The molecule has 7 nitrogen and oxygen atoms in total. The SMILES string of the molecule is CCOC(=O)C1=C(C)N=c2sc(=Cc3cn(C)nc3C)c(=O)n2C1c1ccc(Cl)cc1. The number of carbonyl (C=O) groups excluding carboxylic acids is 1. The van der Waals surface area contributed by atoms with Gasteiger partial charge in [-0.3, -0.25) is 14.0 Å². The summed E-state index contributed by atoms with van der Waals surface area (Å²) in [4.78, 5) is 31.4. The number of halogens is 1. The summed E-state index contributed by atoms with van der Waals surface area (Å²) in [6, 6.07) is 6.46. The predicted octanol–water partition coefficient (Wildman–Crippen LogP) is 2.49. The zero-order valence-electron chi connectivity index (χ0n) is 17.5. The summed E-state index contributed by atoms with van der Waals surface area (Å²) < 4.78 is 9.08. The molecular formula is C22H21ClN4O3S. The molecule has 160 valence electrons. The van der Waals surface area contributed by atoms with Gasteiger partial charge < -0.3 is 4.74 Å². The number of fused-ring (bicyclic) bond motifs is 1. The normalized spacial score (nSPS) is 16.3. The van der Waals surface area contributed by atoms with Crippen LogP contribution < -0.4 is 14.9 Å². The number of ether oxygens (including phenoxy) is 1. The fraction of sp³-hybridized carbons (Fsp3) is 0.273. The van der Waals surface area contributed by atoms with Crippen LogP contribution in [0.25, 0.3) is 6.08 Å². The largest absolute Gasteiger partial charge is 0.463 e. The van der Waals surface area contributed by atoms with Crippen LogP contribution in [0.15, 0.2) is 51.5 Å². The molecule has 1 aliphatic heterocycles. The lowest BCUT2D eigenvalue weighted by Crippen LogP contribution is -2.39. The second kappa shape index (κ2) is 8.28. The molecule has 1 aliphatic rings. The van der Waals surface area contributed by atoms with Crippen molar-refractivity contribution in [2.75, 3.05) is 6.61 Å². The topological polar surface area (TPSA) is 78.5 Å². The highest BCUT2D eigenvalue weighted by molar-refractivity contribution is 7.07. The van der Waals surface area contributed by atoms with Gasteiger partial charge in [0.1, 0.15) is 0 Å². The van der Waals surface area contributed by atoms with Crippen LogP contribution in [0.1, 0.15) is 36.7 Å². The van der Waals surface area contributed by atoms with Crippen LogP contribution in [0, 0.1) is 6.92 Å². The Morgan fingerprint density at radius 2 is 2.00 bits per heavy atom. The minimum atomic E-state index is -0.648. The quantitative estimate of drug-likeness (QED) is 0.565. The van der Waals surface area contributed by atoms with E-state index < -0.39 is 12.0 Å². The lowest BCUT2D eigenvalue weighted by atomic mass is 9.96. The molecule has 1 unspecified atom stereocenters. The van der Waals surface area contributed by atoms with E-state index in [1.165, 1.54) is 11.3 Å². The molecule has 1 aromatic carbocycles. The number of thiazole rings is 1. The Morgan fingerprint density at radius 1 is 1.29 bits per heavy atom. The second-order valence-corrected chi connectivity index (χ2v) is 8.64. The van der Waals surface area contributed by atoms with Gasteiger partial charge in [-0.2, -0.15) is 5.10 Å². The monoisotopic (exact) mass is 456 g/mol. The van der Waals surface area contributed by atoms with Crippen molar-refractivity contribution in [3.8, 4) is 0 Å². The fourth-order valence-corrected chi connectivity index (χ4v) is 4.82. The molecule has 9 heteroatoms. The third-order valence-corrected chi connectivity index (χ3v) is 6.28. The van der Waals surface area contributed by atoms with Gasteiger partial charge in [-0.15, -0.1) is 0 Å². The van der Waals surface area contributed by atoms with Crippen LogP contribution >= 0.6 is 22.9 Å². The Hall–Kier alpha value is -2.97. The fourth-order valence-electron chi connectivity index (χ4n) is 3.65. The first-order valence-corrected chi connectivity index (χ1v) is 10.9. The van der Waals surface area contributed by atoms with Gasteiger partial charge in [-0.1, -0.05) is 35.1 Å². The van der Waals surface area contributed by atoms with E-state index in [0.29, 0.717) is 25.6 Å². The summed E-state index contributed by atoms with van der Waals surface area (Å²) in [6.45, 7) is 5.63. The summed E-state index contributed by atoms with van der Waals surface area (Å²) in [5.41, 5.74) is 3.10. The van der Waals surface area contributed by atoms with E-state index in [4.69, 9.17) is 16.3 Å². The second-order valence-electron chi connectivity index (χ2n) is 7.20. The highest BCUT2D eigenvalue weighted by atomic mass is 35.5. The van der Waals surface area contributed by atoms with Crippen LogP contribution in [0.3, 0.4) is 0 Å². The van der Waals surface area contributed by atoms with E-state index in [1.54, 1.807) is 35.2 Å². The van der Waals surface area contributed by atoms with Crippen molar-refractivity contribution in [2.24, 2.45) is 12.0 Å². The minimum absolute atomic E-state index is 0.221. The van der Waals surface area contributed by atoms with Crippen LogP contribution in [-0.4, -0.2) is 26.9 Å². The molecule has 3 aromatic rings. The third kappa shape index (κ3) is 3.88. The first-order chi connectivity index (χ1) is 14.8. The Labute approximate surface area is 187 Å². The number of allylic oxidation sites excluding steroid dienone is 1. The van der Waals surface area contributed by atoms with Gasteiger partial charge in [-0.25, -0.2) is 9.79 Å². The summed E-state index contributed by atoms with van der Waals surface area (Å²) >= 11 is 7.36. The molecule has 0 radical (unpaired) electrons. The number of carbonyl (C=O) groups is 1. The van der Waals surface area contributed by atoms with E-state index in [2.05, 4.69) is 10.1 Å². The van der Waals surface area contributed by atoms with Gasteiger partial charge in [0.15, 0.2) is 4.80 Å². The van der Waals surface area contributed by atoms with Crippen molar-refractivity contribution in [1.82, 2.24) is 14.3 Å². The molecule has 4 rings (SSSR count). The number of aromatic nitrogens is 3. The summed E-state index contributed by atoms with van der Waals surface area (Å²) in [7, 11) is 1.83. The molecule has 31 heavy (non-hydrogen) atoms. The van der Waals surface area contributed by atoms with Crippen molar-refractivity contribution in [3.05, 3.63) is 83.3 Å². The lowest BCUT2D eigenvalue weighted by molar-refractivity contribution is -0.139. The molecule has 3 heterocycles. The summed E-state index contributed by atoms with van der Waals surface area (Å²) in [5.74, 6) is -0.485. The number of aryl methyl sites for hydroxylation is 2. The van der Waals surface area contributed by atoms with Gasteiger partial charge >= 0.3 is 5.97 Å². The van der Waals surface area contributed by atoms with Gasteiger partial charge in [0, 0.05) is 23.8 Å². The Bertz CT molecular complexity index is 1380. The molecule has 0 spiro atoms. The molecule has 0 N–H and O–H groups in total. The molecule has 0 aliphatic carbocycles. The number of nitrogens with zero attached hydrogens (tertiary/aromatic N) is 4. The minimum Gasteiger partial charge on any atom is -0.463 e. The summed E-state index contributed by atoms with van der Waals surface area (Å²) in [5, 5.41) is 4.90. The smallest absolute Gasteiger partial charge is 0.338 e. The van der Waals surface area contributed by atoms with Crippen molar-refractivity contribution in [2.45, 2.75) is 26.8 Å². The van der Waals surface area contributed by atoms with Crippen LogP contribution in [-0.2, 0) is 16.6 Å². The van der Waals surface area contributed by atoms with Crippen molar-refractivity contribution < 1.29 is 9.53 Å². The molecule has 0 saturated carbocycles. The van der Waals surface area contributed by atoms with E-state index in [9.17, 15) is 9.59 Å². The maximum Gasteiger partial charge on any atom is 0.338 e. The van der Waals surface area contributed by atoms with Crippen molar-refractivity contribution in [3.63, 3.8) is 0 Å². The van der Waals surface area contributed by atoms with Gasteiger partial charge in [-0.05, 0) is 44.5 Å². The number of benzene rings is 1. The highest BCUT2D eigenvalue weighted by Crippen LogP contribution is 2.31. The van der Waals surface area contributed by atoms with Crippen molar-refractivity contribution in [1.29, 1.82) is 0 Å². The first-order valence-electron chi connectivity index (χ1n) is 9.75. The number of hydrogen-bond acceptors (Lipinski definition) is 6. The molecule has 0 bridgehead atoms.